The summed E-state index contributed by atoms with van der Waals surface area (Å²) in [6.07, 6.45) is 4.12. The number of nitrogens with one attached hydrogen (secondary N) is 1. The minimum atomic E-state index is 0. The number of hydrogen-bond acceptors (Lipinski definition) is 3. The minimum Gasteiger partial charge on any atom is -0.355 e. The molecule has 1 atom stereocenters. The Bertz CT molecular complexity index is 417. The molecule has 1 aromatic carbocycles. The molecule has 2 rings (SSSR count). The Morgan fingerprint density at radius 3 is 2.64 bits per heavy atom. The van der Waals surface area contributed by atoms with Crippen molar-refractivity contribution in [2.75, 3.05) is 19.6 Å². The zero-order valence-electron chi connectivity index (χ0n) is 12.9. The molecule has 1 saturated heterocycles. The molecule has 1 aliphatic rings. The molecule has 0 saturated carbocycles. The molecule has 0 aliphatic carbocycles. The van der Waals surface area contributed by atoms with Gasteiger partial charge in [0.15, 0.2) is 0 Å². The van der Waals surface area contributed by atoms with Crippen LogP contribution in [-0.2, 0) is 11.3 Å². The van der Waals surface area contributed by atoms with Crippen molar-refractivity contribution in [2.45, 2.75) is 38.3 Å². The molecule has 1 aromatic rings. The highest BCUT2D eigenvalue weighted by Gasteiger charge is 2.28. The van der Waals surface area contributed by atoms with Gasteiger partial charge >= 0.3 is 0 Å². The van der Waals surface area contributed by atoms with Gasteiger partial charge in [0.05, 0.1) is 6.04 Å². The Kier molecular flexibility index (Phi) is 11.3. The summed E-state index contributed by atoms with van der Waals surface area (Å²) in [5, 5.41) is 3.01. The van der Waals surface area contributed by atoms with Crippen molar-refractivity contribution in [3.8, 4) is 0 Å². The Morgan fingerprint density at radius 1 is 1.23 bits per heavy atom. The van der Waals surface area contributed by atoms with E-state index in [0.29, 0.717) is 13.1 Å². The predicted octanol–water partition coefficient (Wildman–Crippen LogP) is 2.35. The Balaban J connectivity index is 0.00000220. The maximum atomic E-state index is 12.3. The van der Waals surface area contributed by atoms with E-state index in [2.05, 4.69) is 34.5 Å². The average molecular weight is 348 g/mol. The van der Waals surface area contributed by atoms with Gasteiger partial charge in [0.1, 0.15) is 0 Å². The van der Waals surface area contributed by atoms with E-state index in [4.69, 9.17) is 5.73 Å². The van der Waals surface area contributed by atoms with Gasteiger partial charge in [0.25, 0.3) is 0 Å². The standard InChI is InChI=1S/C16H25N3O.2ClH/c17-10-6-11-18-16(20)15-9-4-5-12-19(15)13-14-7-2-1-3-8-14;;/h1-3,7-8,15H,4-6,9-13,17H2,(H,18,20);2*1H. The number of hydrogen-bond donors (Lipinski definition) is 2. The van der Waals surface area contributed by atoms with E-state index < -0.39 is 0 Å². The van der Waals surface area contributed by atoms with Crippen LogP contribution in [0.15, 0.2) is 30.3 Å². The van der Waals surface area contributed by atoms with Crippen LogP contribution in [0.1, 0.15) is 31.2 Å². The van der Waals surface area contributed by atoms with Gasteiger partial charge in [-0.3, -0.25) is 9.69 Å². The van der Waals surface area contributed by atoms with Gasteiger partial charge in [-0.05, 0) is 37.9 Å². The molecule has 0 spiro atoms. The number of benzene rings is 1. The lowest BCUT2D eigenvalue weighted by molar-refractivity contribution is -0.127. The van der Waals surface area contributed by atoms with Crippen LogP contribution >= 0.6 is 24.8 Å². The van der Waals surface area contributed by atoms with Crippen molar-refractivity contribution in [3.63, 3.8) is 0 Å². The van der Waals surface area contributed by atoms with Crippen molar-refractivity contribution < 1.29 is 4.79 Å². The highest BCUT2D eigenvalue weighted by Crippen LogP contribution is 2.19. The van der Waals surface area contributed by atoms with E-state index in [0.717, 1.165) is 32.4 Å². The monoisotopic (exact) mass is 347 g/mol. The molecule has 126 valence electrons. The first-order valence-electron chi connectivity index (χ1n) is 7.57. The lowest BCUT2D eigenvalue weighted by Crippen LogP contribution is -2.49. The molecule has 22 heavy (non-hydrogen) atoms. The molecule has 1 unspecified atom stereocenters. The van der Waals surface area contributed by atoms with Crippen LogP contribution in [-0.4, -0.2) is 36.5 Å². The van der Waals surface area contributed by atoms with Crippen LogP contribution in [0.2, 0.25) is 0 Å². The van der Waals surface area contributed by atoms with E-state index in [1.54, 1.807) is 0 Å². The van der Waals surface area contributed by atoms with Crippen LogP contribution in [0.25, 0.3) is 0 Å². The maximum absolute atomic E-state index is 12.3. The molecule has 1 amide bonds. The molecule has 0 radical (unpaired) electrons. The van der Waals surface area contributed by atoms with Gasteiger partial charge in [-0.1, -0.05) is 36.8 Å². The van der Waals surface area contributed by atoms with Crippen molar-refractivity contribution in [2.24, 2.45) is 5.73 Å². The second-order valence-electron chi connectivity index (χ2n) is 5.40. The third kappa shape index (κ3) is 6.53. The van der Waals surface area contributed by atoms with E-state index in [1.807, 2.05) is 6.07 Å². The van der Waals surface area contributed by atoms with Gasteiger partial charge < -0.3 is 11.1 Å². The summed E-state index contributed by atoms with van der Waals surface area (Å²) in [5.41, 5.74) is 6.73. The quantitative estimate of drug-likeness (QED) is 0.776. The molecule has 0 aromatic heterocycles. The van der Waals surface area contributed by atoms with E-state index in [1.165, 1.54) is 12.0 Å². The summed E-state index contributed by atoms with van der Waals surface area (Å²) in [7, 11) is 0. The number of nitrogens with two attached hydrogens (primary N) is 1. The summed E-state index contributed by atoms with van der Waals surface area (Å²) in [4.78, 5) is 14.6. The van der Waals surface area contributed by atoms with E-state index in [9.17, 15) is 4.79 Å². The first kappa shape index (κ1) is 21.2. The third-order valence-corrected chi connectivity index (χ3v) is 3.82. The highest BCUT2D eigenvalue weighted by molar-refractivity contribution is 5.85. The first-order chi connectivity index (χ1) is 9.81. The SMILES string of the molecule is Cl.Cl.NCCCNC(=O)C1CCCCN1Cc1ccccc1. The fourth-order valence-corrected chi connectivity index (χ4v) is 2.73. The molecule has 3 N–H and O–H groups in total. The van der Waals surface area contributed by atoms with Gasteiger partial charge in [0.2, 0.25) is 5.91 Å². The molecule has 0 bridgehead atoms. The second-order valence-corrected chi connectivity index (χ2v) is 5.40. The smallest absolute Gasteiger partial charge is 0.237 e. The Labute approximate surface area is 145 Å². The number of rotatable bonds is 6. The Morgan fingerprint density at radius 2 is 1.95 bits per heavy atom. The molecular formula is C16H27Cl2N3O. The molecular weight excluding hydrogens is 321 g/mol. The zero-order chi connectivity index (χ0) is 14.2. The fourth-order valence-electron chi connectivity index (χ4n) is 2.73. The topological polar surface area (TPSA) is 58.4 Å². The number of carbonyl (C=O) groups is 1. The average Bonchev–Trinajstić information content (AvgIpc) is 2.49. The van der Waals surface area contributed by atoms with Crippen molar-refractivity contribution in [3.05, 3.63) is 35.9 Å². The number of amides is 1. The van der Waals surface area contributed by atoms with Crippen LogP contribution in [0, 0.1) is 0 Å². The van der Waals surface area contributed by atoms with Crippen molar-refractivity contribution in [1.29, 1.82) is 0 Å². The molecule has 1 heterocycles. The third-order valence-electron chi connectivity index (χ3n) is 3.82. The van der Waals surface area contributed by atoms with Gasteiger partial charge in [-0.15, -0.1) is 24.8 Å². The van der Waals surface area contributed by atoms with Crippen molar-refractivity contribution in [1.82, 2.24) is 10.2 Å². The summed E-state index contributed by atoms with van der Waals surface area (Å²) in [6.45, 7) is 3.17. The summed E-state index contributed by atoms with van der Waals surface area (Å²) in [5.74, 6) is 0.161. The number of carbonyl (C=O) groups excluding carboxylic acids is 1. The van der Waals surface area contributed by atoms with Crippen LogP contribution < -0.4 is 11.1 Å². The number of halogens is 2. The fraction of sp³-hybridized carbons (Fsp3) is 0.562. The molecule has 6 heteroatoms. The second kappa shape index (κ2) is 11.7. The van der Waals surface area contributed by atoms with Crippen LogP contribution in [0.3, 0.4) is 0 Å². The lowest BCUT2D eigenvalue weighted by atomic mass is 10.0. The van der Waals surface area contributed by atoms with E-state index >= 15 is 0 Å². The van der Waals surface area contributed by atoms with E-state index in [-0.39, 0.29) is 36.8 Å². The Hall–Kier alpha value is -0.810. The summed E-state index contributed by atoms with van der Waals surface area (Å²) < 4.78 is 0. The summed E-state index contributed by atoms with van der Waals surface area (Å²) in [6, 6.07) is 10.4. The number of likely N-dealkylation sites (tertiary alicyclic amines) is 1. The number of piperidine rings is 1. The number of nitrogens with zero attached hydrogens (tertiary/aromatic N) is 1. The van der Waals surface area contributed by atoms with Crippen molar-refractivity contribution >= 4 is 30.7 Å². The molecule has 1 fully saturated rings. The summed E-state index contributed by atoms with van der Waals surface area (Å²) >= 11 is 0. The predicted molar refractivity (Wildman–Crippen MR) is 95.7 cm³/mol. The zero-order valence-corrected chi connectivity index (χ0v) is 14.5. The molecule has 4 nitrogen and oxygen atoms in total. The first-order valence-corrected chi connectivity index (χ1v) is 7.57. The van der Waals surface area contributed by atoms with Gasteiger partial charge in [-0.25, -0.2) is 0 Å². The van der Waals surface area contributed by atoms with Gasteiger partial charge in [0, 0.05) is 13.1 Å². The van der Waals surface area contributed by atoms with Crippen LogP contribution in [0.4, 0.5) is 0 Å². The largest absolute Gasteiger partial charge is 0.355 e. The minimum absolute atomic E-state index is 0. The lowest BCUT2D eigenvalue weighted by Gasteiger charge is -2.34. The maximum Gasteiger partial charge on any atom is 0.237 e. The van der Waals surface area contributed by atoms with Crippen LogP contribution in [0.5, 0.6) is 0 Å². The normalized spacial score (nSPS) is 18.0. The molecule has 1 aliphatic heterocycles. The highest BCUT2D eigenvalue weighted by atomic mass is 35.5. The van der Waals surface area contributed by atoms with Gasteiger partial charge in [-0.2, -0.15) is 0 Å².